The molecule has 0 heterocycles. The van der Waals surface area contributed by atoms with Crippen molar-refractivity contribution in [2.75, 3.05) is 0 Å². The van der Waals surface area contributed by atoms with Crippen LogP contribution in [0.2, 0.25) is 58.9 Å². The third-order valence-corrected chi connectivity index (χ3v) is 0. The summed E-state index contributed by atoms with van der Waals surface area (Å²) in [6, 6.07) is 0. The first kappa shape index (κ1) is 25.7. The molecule has 0 saturated heterocycles. The molecule has 0 unspecified atom stereocenters. The molecule has 0 aromatic heterocycles. The van der Waals surface area contributed by atoms with Crippen LogP contribution in [0.4, 0.5) is 0 Å². The highest BCUT2D eigenvalue weighted by atomic mass is 31.2. The van der Waals surface area contributed by atoms with Crippen LogP contribution < -0.4 is 14.7 Å². The van der Waals surface area contributed by atoms with Gasteiger partial charge in [0.1, 0.15) is 0 Å². The Bertz CT molecular complexity index is 69.0. The Morgan fingerprint density at radius 2 is 0.500 bits per heavy atom. The maximum absolute atomic E-state index is 8.48. The van der Waals surface area contributed by atoms with Crippen molar-refractivity contribution >= 4 is 35.0 Å². The van der Waals surface area contributed by atoms with Gasteiger partial charge in [0.15, 0.2) is 0 Å². The van der Waals surface area contributed by atoms with E-state index in [4.69, 9.17) is 14.7 Å². The van der Waals surface area contributed by atoms with Gasteiger partial charge in [-0.2, -0.15) is 0 Å². The highest BCUT2D eigenvalue weighted by molar-refractivity contribution is 7.33. The molecule has 0 spiro atoms. The number of hydrogen-bond acceptors (Lipinski definition) is 3. The normalized spacial score (nSPS) is 7.31. The molecule has 3 nitrogen and oxygen atoms in total. The molecule has 0 amide bonds. The molecule has 7 heteroatoms. The van der Waals surface area contributed by atoms with Crippen LogP contribution in [-0.4, -0.2) is 26.4 Å². The Morgan fingerprint density at radius 3 is 0.500 bits per heavy atom. The quantitative estimate of drug-likeness (QED) is 0.501. The predicted molar refractivity (Wildman–Crippen MR) is 77.0 cm³/mol. The van der Waals surface area contributed by atoms with E-state index in [1.807, 2.05) is 0 Å². The molecule has 0 aromatic carbocycles. The molecule has 0 radical (unpaired) electrons. The van der Waals surface area contributed by atoms with E-state index in [1.54, 1.807) is 0 Å². The Hall–Kier alpha value is 0.961. The van der Waals surface area contributed by atoms with Crippen LogP contribution in [0.15, 0.2) is 0 Å². The number of rotatable bonds is 0. The number of hydrogen-bond donors (Lipinski definition) is 0. The van der Waals surface area contributed by atoms with Crippen molar-refractivity contribution in [3.8, 4) is 0 Å². The van der Waals surface area contributed by atoms with Crippen molar-refractivity contribution in [2.24, 2.45) is 0 Å². The molecule has 0 atom stereocenters. The Labute approximate surface area is 109 Å². The van der Waals surface area contributed by atoms with Crippen LogP contribution in [0.1, 0.15) is 0 Å². The maximum Gasteiger partial charge on any atom is 0.304 e. The molecule has 98 valence electrons. The summed E-state index contributed by atoms with van der Waals surface area (Å²) in [5, 5.41) is 0. The molecule has 0 rings (SSSR count). The van der Waals surface area contributed by atoms with Crippen LogP contribution >= 0.6 is 8.60 Å². The highest BCUT2D eigenvalue weighted by Crippen LogP contribution is 1.85. The van der Waals surface area contributed by atoms with Gasteiger partial charge in [0.05, 0.1) is 58.9 Å². The van der Waals surface area contributed by atoms with E-state index in [-0.39, 0.29) is 26.4 Å². The average molecular weight is 299 g/mol. The Morgan fingerprint density at radius 1 is 0.500 bits per heavy atom. The minimum absolute atomic E-state index is 0.120. The summed E-state index contributed by atoms with van der Waals surface area (Å²) < 4.78 is 0. The molecule has 0 aromatic rings. The van der Waals surface area contributed by atoms with E-state index in [1.165, 1.54) is 0 Å². The van der Waals surface area contributed by atoms with Gasteiger partial charge in [0, 0.05) is 0 Å². The zero-order chi connectivity index (χ0) is 14.3. The lowest BCUT2D eigenvalue weighted by Crippen LogP contribution is -2.18. The van der Waals surface area contributed by atoms with Crippen LogP contribution in [0.3, 0.4) is 0 Å². The monoisotopic (exact) mass is 298 g/mol. The lowest BCUT2D eigenvalue weighted by molar-refractivity contribution is -0.407. The van der Waals surface area contributed by atoms with Crippen LogP contribution in [0.5, 0.6) is 0 Å². The first-order valence-corrected chi connectivity index (χ1v) is 15.1. The summed E-state index contributed by atoms with van der Waals surface area (Å²) in [4.78, 5) is 25.4. The molecular formula is C9H27O3PSi3. The summed E-state index contributed by atoms with van der Waals surface area (Å²) >= 11 is 0. The van der Waals surface area contributed by atoms with E-state index in [0.717, 1.165) is 0 Å². The van der Waals surface area contributed by atoms with Gasteiger partial charge in [0.25, 0.3) is 0 Å². The molecule has 0 bridgehead atoms. The fraction of sp³-hybridized carbons (Fsp3) is 1.00. The standard InChI is InChI=1S/3C3H9Si.O3P/c4*1-4(2)3/h3*1-3H3;/q3*+1;-3. The molecule has 0 N–H and O–H groups in total. The van der Waals surface area contributed by atoms with Gasteiger partial charge in [-0.05, 0) is 0 Å². The molecule has 0 saturated carbocycles. The lowest BCUT2D eigenvalue weighted by atomic mass is 11.8. The van der Waals surface area contributed by atoms with Crippen molar-refractivity contribution in [3.05, 3.63) is 0 Å². The second-order valence-corrected chi connectivity index (χ2v) is 14.2. The van der Waals surface area contributed by atoms with E-state index >= 15 is 0 Å². The summed E-state index contributed by atoms with van der Waals surface area (Å²) in [5.74, 6) is 0. The lowest BCUT2D eigenvalue weighted by Gasteiger charge is -2.39. The summed E-state index contributed by atoms with van der Waals surface area (Å²) in [7, 11) is -3.01. The molecule has 0 fully saturated rings. The van der Waals surface area contributed by atoms with Gasteiger partial charge in [-0.1, -0.05) is 0 Å². The third-order valence-electron chi connectivity index (χ3n) is 0. The topological polar surface area (TPSA) is 69.2 Å². The largest absolute Gasteiger partial charge is 0.854 e. The second kappa shape index (κ2) is 21.3. The van der Waals surface area contributed by atoms with Gasteiger partial charge in [0.2, 0.25) is 0 Å². The third kappa shape index (κ3) is 3160. The zero-order valence-corrected chi connectivity index (χ0v) is 16.1. The van der Waals surface area contributed by atoms with Gasteiger partial charge >= 0.3 is 26.4 Å². The predicted octanol–water partition coefficient (Wildman–Crippen LogP) is 1.41. The molecular weight excluding hydrogens is 271 g/mol. The van der Waals surface area contributed by atoms with Crippen molar-refractivity contribution < 1.29 is 14.7 Å². The van der Waals surface area contributed by atoms with Crippen LogP contribution in [0.25, 0.3) is 0 Å². The summed E-state index contributed by atoms with van der Waals surface area (Å²) in [6.07, 6.45) is 0. The van der Waals surface area contributed by atoms with Crippen molar-refractivity contribution in [2.45, 2.75) is 58.9 Å². The Balaban J connectivity index is -0.0000000600. The van der Waals surface area contributed by atoms with Crippen molar-refractivity contribution in [3.63, 3.8) is 0 Å². The molecule has 0 aliphatic carbocycles. The minimum Gasteiger partial charge on any atom is -0.854 e. The van der Waals surface area contributed by atoms with Gasteiger partial charge in [-0.25, -0.2) is 0 Å². The van der Waals surface area contributed by atoms with Gasteiger partial charge in [-0.15, -0.1) is 0 Å². The molecule has 0 aliphatic rings. The van der Waals surface area contributed by atoms with Gasteiger partial charge in [-0.3, -0.25) is 0 Å². The first-order valence-electron chi connectivity index (χ1n) is 5.05. The Kier molecular flexibility index (Phi) is 34.2. The highest BCUT2D eigenvalue weighted by Gasteiger charge is 1.93. The van der Waals surface area contributed by atoms with E-state index in [0.29, 0.717) is 0 Å². The van der Waals surface area contributed by atoms with Crippen molar-refractivity contribution in [1.29, 1.82) is 0 Å². The van der Waals surface area contributed by atoms with Crippen LogP contribution in [-0.2, 0) is 0 Å². The van der Waals surface area contributed by atoms with E-state index < -0.39 is 8.60 Å². The minimum atomic E-state index is -3.37. The molecule has 16 heavy (non-hydrogen) atoms. The van der Waals surface area contributed by atoms with E-state index in [9.17, 15) is 0 Å². The van der Waals surface area contributed by atoms with Crippen molar-refractivity contribution in [1.82, 2.24) is 0 Å². The maximum atomic E-state index is 8.48. The van der Waals surface area contributed by atoms with Crippen LogP contribution in [0, 0.1) is 0 Å². The smallest absolute Gasteiger partial charge is 0.304 e. The first-order chi connectivity index (χ1) is 6.93. The zero-order valence-electron chi connectivity index (χ0n) is 12.2. The fourth-order valence-electron chi connectivity index (χ4n) is 0. The molecule has 0 aliphatic heterocycles. The van der Waals surface area contributed by atoms with Gasteiger partial charge < -0.3 is 23.3 Å². The fourth-order valence-corrected chi connectivity index (χ4v) is 0. The second-order valence-electron chi connectivity index (χ2n) is 4.72. The SMILES string of the molecule is C[Si+](C)C.C[Si+](C)C.C[Si+](C)C.[O-]P([O-])[O-]. The summed E-state index contributed by atoms with van der Waals surface area (Å²) in [6.45, 7) is 20.4. The summed E-state index contributed by atoms with van der Waals surface area (Å²) in [5.41, 5.74) is 0. The van der Waals surface area contributed by atoms with E-state index in [2.05, 4.69) is 58.9 Å². The average Bonchev–Trinajstić information content (AvgIpc) is 1.76.